The molecule has 98 valence electrons. The minimum absolute atomic E-state index is 0.336. The Morgan fingerprint density at radius 3 is 1.06 bits per heavy atom. The third-order valence-electron chi connectivity index (χ3n) is 4.25. The fourth-order valence-corrected chi connectivity index (χ4v) is 1.56. The zero-order valence-electron chi connectivity index (χ0n) is 12.7. The van der Waals surface area contributed by atoms with Crippen molar-refractivity contribution in [2.75, 3.05) is 28.2 Å². The SMILES string of the molecule is CN(C)C(C)(C)CCCCC(C)(C)N(C)C. The molecule has 2 nitrogen and oxygen atoms in total. The summed E-state index contributed by atoms with van der Waals surface area (Å²) >= 11 is 0. The second-order valence-corrected chi connectivity index (χ2v) is 6.62. The Kier molecular flexibility index (Phi) is 5.99. The third-order valence-corrected chi connectivity index (χ3v) is 4.25. The van der Waals surface area contributed by atoms with Crippen LogP contribution in [0.2, 0.25) is 0 Å². The fraction of sp³-hybridized carbons (Fsp3) is 1.00. The molecule has 0 aromatic carbocycles. The van der Waals surface area contributed by atoms with Gasteiger partial charge in [0.15, 0.2) is 0 Å². The molecule has 2 heteroatoms. The van der Waals surface area contributed by atoms with E-state index in [0.717, 1.165) is 0 Å². The largest absolute Gasteiger partial charge is 0.304 e. The Hall–Kier alpha value is -0.0800. The predicted molar refractivity (Wildman–Crippen MR) is 74.0 cm³/mol. The highest BCUT2D eigenvalue weighted by Gasteiger charge is 2.22. The molecule has 0 amide bonds. The molecule has 0 saturated heterocycles. The number of hydrogen-bond acceptors (Lipinski definition) is 2. The van der Waals surface area contributed by atoms with E-state index in [-0.39, 0.29) is 0 Å². The Bertz CT molecular complexity index is 171. The molecule has 0 heterocycles. The molecule has 0 aromatic rings. The van der Waals surface area contributed by atoms with Crippen LogP contribution in [0.25, 0.3) is 0 Å². The van der Waals surface area contributed by atoms with Gasteiger partial charge in [0.2, 0.25) is 0 Å². The highest BCUT2D eigenvalue weighted by atomic mass is 15.1. The van der Waals surface area contributed by atoms with Crippen molar-refractivity contribution in [1.82, 2.24) is 9.80 Å². The summed E-state index contributed by atoms with van der Waals surface area (Å²) in [6.45, 7) is 9.29. The summed E-state index contributed by atoms with van der Waals surface area (Å²) in [6.07, 6.45) is 5.21. The summed E-state index contributed by atoms with van der Waals surface area (Å²) < 4.78 is 0. The van der Waals surface area contributed by atoms with Gasteiger partial charge in [-0.1, -0.05) is 12.8 Å². The van der Waals surface area contributed by atoms with Crippen LogP contribution in [-0.4, -0.2) is 49.1 Å². The van der Waals surface area contributed by atoms with Crippen LogP contribution in [0.4, 0.5) is 0 Å². The monoisotopic (exact) mass is 228 g/mol. The van der Waals surface area contributed by atoms with Crippen LogP contribution in [0, 0.1) is 0 Å². The van der Waals surface area contributed by atoms with Crippen LogP contribution in [0.15, 0.2) is 0 Å². The van der Waals surface area contributed by atoms with Crippen LogP contribution in [0.5, 0.6) is 0 Å². The molecule has 0 aliphatic carbocycles. The van der Waals surface area contributed by atoms with Gasteiger partial charge in [-0.15, -0.1) is 0 Å². The Morgan fingerprint density at radius 1 is 0.625 bits per heavy atom. The van der Waals surface area contributed by atoms with Crippen LogP contribution >= 0.6 is 0 Å². The Balaban J connectivity index is 3.85. The van der Waals surface area contributed by atoms with Crippen molar-refractivity contribution in [3.63, 3.8) is 0 Å². The van der Waals surface area contributed by atoms with E-state index in [1.54, 1.807) is 0 Å². The normalized spacial score (nSPS) is 13.9. The minimum Gasteiger partial charge on any atom is -0.304 e. The molecule has 0 aromatic heterocycles. The molecule has 0 unspecified atom stereocenters. The van der Waals surface area contributed by atoms with Crippen LogP contribution < -0.4 is 0 Å². The maximum Gasteiger partial charge on any atom is 0.0147 e. The quantitative estimate of drug-likeness (QED) is 0.617. The first-order valence-electron chi connectivity index (χ1n) is 6.44. The standard InChI is InChI=1S/C14H32N2/c1-13(2,15(5)6)11-9-10-12-14(3,4)16(7)8/h9-12H2,1-8H3. The van der Waals surface area contributed by atoms with Gasteiger partial charge < -0.3 is 9.80 Å². The molecule has 0 aliphatic heterocycles. The van der Waals surface area contributed by atoms with Gasteiger partial charge in [0.1, 0.15) is 0 Å². The minimum atomic E-state index is 0.336. The molecular formula is C14H32N2. The molecule has 0 aliphatic rings. The highest BCUT2D eigenvalue weighted by Crippen LogP contribution is 2.23. The van der Waals surface area contributed by atoms with Crippen molar-refractivity contribution in [3.8, 4) is 0 Å². The lowest BCUT2D eigenvalue weighted by Gasteiger charge is -2.35. The molecule has 0 saturated carbocycles. The number of unbranched alkanes of at least 4 members (excludes halogenated alkanes) is 1. The lowest BCUT2D eigenvalue weighted by Crippen LogP contribution is -2.39. The fourth-order valence-electron chi connectivity index (χ4n) is 1.56. The summed E-state index contributed by atoms with van der Waals surface area (Å²) in [5, 5.41) is 0. The maximum absolute atomic E-state index is 2.32. The average molecular weight is 228 g/mol. The summed E-state index contributed by atoms with van der Waals surface area (Å²) in [5.74, 6) is 0. The van der Waals surface area contributed by atoms with E-state index in [9.17, 15) is 0 Å². The molecule has 0 radical (unpaired) electrons. The summed E-state index contributed by atoms with van der Waals surface area (Å²) in [7, 11) is 8.68. The van der Waals surface area contributed by atoms with Crippen LogP contribution in [0.3, 0.4) is 0 Å². The topological polar surface area (TPSA) is 6.48 Å². The molecule has 0 spiro atoms. The zero-order valence-corrected chi connectivity index (χ0v) is 12.7. The van der Waals surface area contributed by atoms with E-state index in [1.165, 1.54) is 25.7 Å². The van der Waals surface area contributed by atoms with Gasteiger partial charge in [-0.05, 0) is 68.7 Å². The van der Waals surface area contributed by atoms with Crippen LogP contribution in [0.1, 0.15) is 53.4 Å². The maximum atomic E-state index is 2.32. The molecule has 0 bridgehead atoms. The lowest BCUT2D eigenvalue weighted by atomic mass is 9.91. The summed E-state index contributed by atoms with van der Waals surface area (Å²) in [5.41, 5.74) is 0.671. The first-order valence-corrected chi connectivity index (χ1v) is 6.44. The van der Waals surface area contributed by atoms with Crippen molar-refractivity contribution in [1.29, 1.82) is 0 Å². The van der Waals surface area contributed by atoms with Crippen molar-refractivity contribution in [2.45, 2.75) is 64.5 Å². The number of nitrogens with zero attached hydrogens (tertiary/aromatic N) is 2. The Morgan fingerprint density at radius 2 is 0.875 bits per heavy atom. The van der Waals surface area contributed by atoms with E-state index in [1.807, 2.05) is 0 Å². The van der Waals surface area contributed by atoms with E-state index >= 15 is 0 Å². The smallest absolute Gasteiger partial charge is 0.0147 e. The van der Waals surface area contributed by atoms with Crippen molar-refractivity contribution < 1.29 is 0 Å². The second kappa shape index (κ2) is 6.02. The van der Waals surface area contributed by atoms with Gasteiger partial charge in [0.05, 0.1) is 0 Å². The first-order chi connectivity index (χ1) is 7.09. The van der Waals surface area contributed by atoms with Gasteiger partial charge in [0, 0.05) is 11.1 Å². The zero-order chi connectivity index (χ0) is 13.0. The number of rotatable bonds is 7. The van der Waals surface area contributed by atoms with Crippen molar-refractivity contribution in [2.24, 2.45) is 0 Å². The lowest BCUT2D eigenvalue weighted by molar-refractivity contribution is 0.158. The van der Waals surface area contributed by atoms with E-state index in [2.05, 4.69) is 65.7 Å². The van der Waals surface area contributed by atoms with Gasteiger partial charge in [0.25, 0.3) is 0 Å². The highest BCUT2D eigenvalue weighted by molar-refractivity contribution is 4.79. The first kappa shape index (κ1) is 15.9. The van der Waals surface area contributed by atoms with Gasteiger partial charge in [-0.3, -0.25) is 0 Å². The molecule has 16 heavy (non-hydrogen) atoms. The van der Waals surface area contributed by atoms with Gasteiger partial charge in [-0.2, -0.15) is 0 Å². The van der Waals surface area contributed by atoms with E-state index < -0.39 is 0 Å². The summed E-state index contributed by atoms with van der Waals surface area (Å²) in [4.78, 5) is 4.65. The Labute approximate surface area is 103 Å². The van der Waals surface area contributed by atoms with Crippen molar-refractivity contribution in [3.05, 3.63) is 0 Å². The number of hydrogen-bond donors (Lipinski definition) is 0. The molecular weight excluding hydrogens is 196 g/mol. The third kappa shape index (κ3) is 5.31. The predicted octanol–water partition coefficient (Wildman–Crippen LogP) is 3.23. The van der Waals surface area contributed by atoms with Crippen LogP contribution in [-0.2, 0) is 0 Å². The van der Waals surface area contributed by atoms with E-state index in [4.69, 9.17) is 0 Å². The summed E-state index contributed by atoms with van der Waals surface area (Å²) in [6, 6.07) is 0. The van der Waals surface area contributed by atoms with Gasteiger partial charge >= 0.3 is 0 Å². The second-order valence-electron chi connectivity index (χ2n) is 6.62. The molecule has 0 atom stereocenters. The molecule has 0 fully saturated rings. The van der Waals surface area contributed by atoms with Gasteiger partial charge in [-0.25, -0.2) is 0 Å². The molecule has 0 N–H and O–H groups in total. The average Bonchev–Trinajstić information content (AvgIpc) is 2.12. The van der Waals surface area contributed by atoms with E-state index in [0.29, 0.717) is 11.1 Å². The molecule has 0 rings (SSSR count). The van der Waals surface area contributed by atoms with Crippen molar-refractivity contribution >= 4 is 0 Å².